The Balaban J connectivity index is 2.11. The monoisotopic (exact) mass is 410 g/mol. The second-order valence-electron chi connectivity index (χ2n) is 8.85. The molecule has 30 heavy (non-hydrogen) atoms. The van der Waals surface area contributed by atoms with E-state index in [9.17, 15) is 9.59 Å². The molecule has 1 unspecified atom stereocenters. The van der Waals surface area contributed by atoms with E-state index in [0.717, 1.165) is 16.7 Å². The molecule has 0 saturated carbocycles. The Morgan fingerprint density at radius 3 is 2.20 bits per heavy atom. The fraction of sp³-hybridized carbons (Fsp3) is 0.440. The summed E-state index contributed by atoms with van der Waals surface area (Å²) in [5, 5.41) is 2.97. The summed E-state index contributed by atoms with van der Waals surface area (Å²) in [7, 11) is 0. The van der Waals surface area contributed by atoms with Gasteiger partial charge in [-0.05, 0) is 76.8 Å². The average Bonchev–Trinajstić information content (AvgIpc) is 2.65. The highest BCUT2D eigenvalue weighted by atomic mass is 16.5. The Bertz CT molecular complexity index is 836. The number of hydrogen-bond donors (Lipinski definition) is 1. The lowest BCUT2D eigenvalue weighted by atomic mass is 10.1. The summed E-state index contributed by atoms with van der Waals surface area (Å²) in [6, 6.07) is 15.2. The number of aryl methyl sites for hydroxylation is 2. The third-order valence-corrected chi connectivity index (χ3v) is 4.71. The quantitative estimate of drug-likeness (QED) is 0.714. The van der Waals surface area contributed by atoms with E-state index >= 15 is 0 Å². The minimum atomic E-state index is -0.594. The van der Waals surface area contributed by atoms with E-state index in [4.69, 9.17) is 4.74 Å². The van der Waals surface area contributed by atoms with E-state index < -0.39 is 6.04 Å². The molecule has 5 nitrogen and oxygen atoms in total. The average molecular weight is 411 g/mol. The van der Waals surface area contributed by atoms with E-state index in [1.165, 1.54) is 0 Å². The maximum atomic E-state index is 13.0. The summed E-state index contributed by atoms with van der Waals surface area (Å²) < 4.78 is 5.77. The van der Waals surface area contributed by atoms with Gasteiger partial charge < -0.3 is 15.0 Å². The van der Waals surface area contributed by atoms with Crippen molar-refractivity contribution in [1.29, 1.82) is 0 Å². The van der Waals surface area contributed by atoms with Crippen LogP contribution in [-0.2, 0) is 16.0 Å². The van der Waals surface area contributed by atoms with E-state index in [0.29, 0.717) is 18.7 Å². The molecule has 0 radical (unpaired) electrons. The zero-order chi connectivity index (χ0) is 22.3. The van der Waals surface area contributed by atoms with Crippen molar-refractivity contribution >= 4 is 11.8 Å². The van der Waals surface area contributed by atoms with Crippen molar-refractivity contribution < 1.29 is 14.3 Å². The molecular formula is C25H34N2O3. The van der Waals surface area contributed by atoms with Gasteiger partial charge in [-0.15, -0.1) is 0 Å². The predicted molar refractivity (Wildman–Crippen MR) is 121 cm³/mol. The number of carbonyl (C=O) groups excluding carboxylic acids is 2. The van der Waals surface area contributed by atoms with Crippen molar-refractivity contribution in [3.8, 4) is 5.75 Å². The largest absolute Gasteiger partial charge is 0.484 e. The lowest BCUT2D eigenvalue weighted by Crippen LogP contribution is -2.53. The van der Waals surface area contributed by atoms with Gasteiger partial charge in [-0.3, -0.25) is 9.59 Å². The highest BCUT2D eigenvalue weighted by Crippen LogP contribution is 2.17. The van der Waals surface area contributed by atoms with Gasteiger partial charge in [0.1, 0.15) is 11.8 Å². The van der Waals surface area contributed by atoms with Crippen molar-refractivity contribution in [2.24, 2.45) is 0 Å². The topological polar surface area (TPSA) is 58.6 Å². The Morgan fingerprint density at radius 2 is 1.63 bits per heavy atom. The van der Waals surface area contributed by atoms with Crippen molar-refractivity contribution in [2.75, 3.05) is 13.2 Å². The van der Waals surface area contributed by atoms with E-state index in [1.807, 2.05) is 77.1 Å². The molecule has 1 N–H and O–H groups in total. The fourth-order valence-corrected chi connectivity index (χ4v) is 3.29. The van der Waals surface area contributed by atoms with Gasteiger partial charge in [-0.2, -0.15) is 0 Å². The number of ether oxygens (including phenoxy) is 1. The molecule has 2 rings (SSSR count). The molecule has 0 aliphatic carbocycles. The zero-order valence-electron chi connectivity index (χ0n) is 19.0. The Kier molecular flexibility index (Phi) is 8.04. The molecule has 2 amide bonds. The molecule has 162 valence electrons. The van der Waals surface area contributed by atoms with Crippen LogP contribution < -0.4 is 10.1 Å². The molecule has 0 bridgehead atoms. The van der Waals surface area contributed by atoms with E-state index in [1.54, 1.807) is 11.8 Å². The molecule has 0 spiro atoms. The molecule has 1 atom stereocenters. The summed E-state index contributed by atoms with van der Waals surface area (Å²) in [4.78, 5) is 27.4. The molecule has 0 aromatic heterocycles. The molecule has 5 heteroatoms. The Hall–Kier alpha value is -2.82. The van der Waals surface area contributed by atoms with Crippen LogP contribution in [0.1, 0.15) is 44.4 Å². The maximum absolute atomic E-state index is 13.0. The van der Waals surface area contributed by atoms with Crippen LogP contribution in [0.5, 0.6) is 5.75 Å². The van der Waals surface area contributed by atoms with E-state index in [2.05, 4.69) is 11.4 Å². The van der Waals surface area contributed by atoms with Crippen molar-refractivity contribution in [3.05, 3.63) is 65.2 Å². The van der Waals surface area contributed by atoms with Crippen molar-refractivity contribution in [2.45, 2.75) is 59.5 Å². The second kappa shape index (κ2) is 10.3. The molecule has 0 aliphatic rings. The lowest BCUT2D eigenvalue weighted by molar-refractivity contribution is -0.142. The predicted octanol–water partition coefficient (Wildman–Crippen LogP) is 4.06. The molecule has 0 fully saturated rings. The minimum absolute atomic E-state index is 0.106. The summed E-state index contributed by atoms with van der Waals surface area (Å²) >= 11 is 0. The smallest absolute Gasteiger partial charge is 0.261 e. The van der Waals surface area contributed by atoms with Crippen LogP contribution in [0.25, 0.3) is 0 Å². The van der Waals surface area contributed by atoms with Gasteiger partial charge in [0.15, 0.2) is 6.61 Å². The zero-order valence-corrected chi connectivity index (χ0v) is 19.0. The molecular weight excluding hydrogens is 376 g/mol. The molecule has 2 aromatic rings. The lowest BCUT2D eigenvalue weighted by Gasteiger charge is -2.31. The number of nitrogens with one attached hydrogen (secondary N) is 1. The van der Waals surface area contributed by atoms with Crippen molar-refractivity contribution in [1.82, 2.24) is 10.2 Å². The summed E-state index contributed by atoms with van der Waals surface area (Å²) in [5.41, 5.74) is 2.91. The Morgan fingerprint density at radius 1 is 1.03 bits per heavy atom. The van der Waals surface area contributed by atoms with Gasteiger partial charge in [-0.1, -0.05) is 36.4 Å². The number of carbonyl (C=O) groups is 2. The number of rotatable bonds is 8. The van der Waals surface area contributed by atoms with Gasteiger partial charge in [-0.25, -0.2) is 0 Å². The highest BCUT2D eigenvalue weighted by molar-refractivity contribution is 5.88. The van der Waals surface area contributed by atoms with Gasteiger partial charge in [0.2, 0.25) is 5.91 Å². The minimum Gasteiger partial charge on any atom is -0.484 e. The van der Waals surface area contributed by atoms with Gasteiger partial charge in [0, 0.05) is 12.1 Å². The third kappa shape index (κ3) is 7.54. The molecule has 0 aliphatic heterocycles. The van der Waals surface area contributed by atoms with Gasteiger partial charge in [0.25, 0.3) is 5.91 Å². The summed E-state index contributed by atoms with van der Waals surface area (Å²) in [5.74, 6) is 0.285. The van der Waals surface area contributed by atoms with Crippen LogP contribution in [0.3, 0.4) is 0 Å². The first-order valence-electron chi connectivity index (χ1n) is 10.4. The summed E-state index contributed by atoms with van der Waals surface area (Å²) in [6.45, 7) is 11.9. The standard InChI is InChI=1S/C25H34N2O3/c1-18-14-19(2)16-22(15-18)30-17-23(28)27(13-12-21-10-8-7-9-11-21)20(3)24(29)26-25(4,5)6/h7-11,14-16,20H,12-13,17H2,1-6H3,(H,26,29). The third-order valence-electron chi connectivity index (χ3n) is 4.71. The van der Waals surface area contributed by atoms with Crippen molar-refractivity contribution in [3.63, 3.8) is 0 Å². The molecule has 0 heterocycles. The van der Waals surface area contributed by atoms with Gasteiger partial charge in [0.05, 0.1) is 0 Å². The Labute approximate surface area is 180 Å². The van der Waals surface area contributed by atoms with Gasteiger partial charge >= 0.3 is 0 Å². The maximum Gasteiger partial charge on any atom is 0.261 e. The first kappa shape index (κ1) is 23.5. The number of nitrogens with zero attached hydrogens (tertiary/aromatic N) is 1. The number of hydrogen-bond acceptors (Lipinski definition) is 3. The molecule has 2 aromatic carbocycles. The summed E-state index contributed by atoms with van der Waals surface area (Å²) in [6.07, 6.45) is 0.670. The first-order chi connectivity index (χ1) is 14.0. The van der Waals surface area contributed by atoms with Crippen LogP contribution >= 0.6 is 0 Å². The van der Waals surface area contributed by atoms with E-state index in [-0.39, 0.29) is 24.0 Å². The van der Waals surface area contributed by atoms with Crippen LogP contribution in [0, 0.1) is 13.8 Å². The van der Waals surface area contributed by atoms with Crippen LogP contribution in [-0.4, -0.2) is 41.4 Å². The highest BCUT2D eigenvalue weighted by Gasteiger charge is 2.28. The number of amides is 2. The van der Waals surface area contributed by atoms with Crippen LogP contribution in [0.2, 0.25) is 0 Å². The first-order valence-corrected chi connectivity index (χ1v) is 10.4. The fourth-order valence-electron chi connectivity index (χ4n) is 3.29. The molecule has 0 saturated heterocycles. The van der Waals surface area contributed by atoms with Crippen LogP contribution in [0.15, 0.2) is 48.5 Å². The SMILES string of the molecule is Cc1cc(C)cc(OCC(=O)N(CCc2ccccc2)C(C)C(=O)NC(C)(C)C)c1. The number of benzene rings is 2. The second-order valence-corrected chi connectivity index (χ2v) is 8.85. The van der Waals surface area contributed by atoms with Crippen LogP contribution in [0.4, 0.5) is 0 Å². The normalized spacial score (nSPS) is 12.2.